The molecule has 0 radical (unpaired) electrons. The van der Waals surface area contributed by atoms with Crippen LogP contribution in [0.15, 0.2) is 65.8 Å². The molecule has 0 aliphatic carbocycles. The second-order valence-corrected chi connectivity index (χ2v) is 6.15. The molecule has 1 heterocycles. The lowest BCUT2D eigenvalue weighted by Gasteiger charge is -2.10. The van der Waals surface area contributed by atoms with Gasteiger partial charge in [0.15, 0.2) is 0 Å². The van der Waals surface area contributed by atoms with Gasteiger partial charge in [0.1, 0.15) is 17.3 Å². The van der Waals surface area contributed by atoms with Crippen molar-refractivity contribution < 1.29 is 9.90 Å². The van der Waals surface area contributed by atoms with Crippen molar-refractivity contribution in [2.45, 2.75) is 13.0 Å². The minimum atomic E-state index is -0.587. The summed E-state index contributed by atoms with van der Waals surface area (Å²) in [5.41, 5.74) is 4.55. The molecule has 0 fully saturated rings. The summed E-state index contributed by atoms with van der Waals surface area (Å²) < 4.78 is 1.55. The number of amides is 1. The minimum Gasteiger partial charge on any atom is -0.507 e. The molecule has 0 aliphatic heterocycles. The van der Waals surface area contributed by atoms with Gasteiger partial charge in [0.05, 0.1) is 11.7 Å². The molecule has 4 rings (SSSR count). The highest BCUT2D eigenvalue weighted by Gasteiger charge is 2.18. The molecule has 0 saturated heterocycles. The Morgan fingerprint density at radius 1 is 1.15 bits per heavy atom. The van der Waals surface area contributed by atoms with Gasteiger partial charge in [0.2, 0.25) is 0 Å². The number of carbonyl (C=O) groups is 1. The molecule has 0 bridgehead atoms. The smallest absolute Gasteiger partial charge is 0.264 e. The molecule has 7 heteroatoms. The number of hydrazone groups is 1. The SMILES string of the molecule is CC(C(=O)NN=Cc1c(O)ccc2ccccc12)n1nnc2ccccc21. The zero-order chi connectivity index (χ0) is 18.8. The van der Waals surface area contributed by atoms with Crippen molar-refractivity contribution in [1.82, 2.24) is 20.4 Å². The van der Waals surface area contributed by atoms with Crippen molar-refractivity contribution >= 4 is 33.9 Å². The van der Waals surface area contributed by atoms with Crippen LogP contribution >= 0.6 is 0 Å². The van der Waals surface area contributed by atoms with E-state index < -0.39 is 6.04 Å². The number of aromatic nitrogens is 3. The van der Waals surface area contributed by atoms with Gasteiger partial charge in [-0.1, -0.05) is 47.7 Å². The second-order valence-electron chi connectivity index (χ2n) is 6.15. The summed E-state index contributed by atoms with van der Waals surface area (Å²) in [5.74, 6) is -0.233. The molecule has 2 N–H and O–H groups in total. The van der Waals surface area contributed by atoms with E-state index in [-0.39, 0.29) is 11.7 Å². The van der Waals surface area contributed by atoms with Crippen LogP contribution in [0.5, 0.6) is 5.75 Å². The van der Waals surface area contributed by atoms with Crippen molar-refractivity contribution in [2.75, 3.05) is 0 Å². The summed E-state index contributed by atoms with van der Waals surface area (Å²) in [7, 11) is 0. The second kappa shape index (κ2) is 6.87. The lowest BCUT2D eigenvalue weighted by atomic mass is 10.0. The maximum absolute atomic E-state index is 12.4. The number of para-hydroxylation sites is 1. The Kier molecular flexibility index (Phi) is 4.25. The Labute approximate surface area is 154 Å². The number of nitrogens with one attached hydrogen (secondary N) is 1. The van der Waals surface area contributed by atoms with Crippen molar-refractivity contribution in [3.05, 3.63) is 66.2 Å². The van der Waals surface area contributed by atoms with Crippen LogP contribution in [0.2, 0.25) is 0 Å². The van der Waals surface area contributed by atoms with Crippen LogP contribution in [0.25, 0.3) is 21.8 Å². The van der Waals surface area contributed by atoms with Gasteiger partial charge in [0, 0.05) is 5.56 Å². The molecule has 1 atom stereocenters. The van der Waals surface area contributed by atoms with Gasteiger partial charge in [-0.25, -0.2) is 10.1 Å². The fraction of sp³-hybridized carbons (Fsp3) is 0.100. The predicted octanol–water partition coefficient (Wildman–Crippen LogP) is 3.00. The summed E-state index contributed by atoms with van der Waals surface area (Å²) in [6.07, 6.45) is 1.45. The third-order valence-electron chi connectivity index (χ3n) is 4.44. The molecule has 0 spiro atoms. The Morgan fingerprint density at radius 3 is 2.81 bits per heavy atom. The predicted molar refractivity (Wildman–Crippen MR) is 104 cm³/mol. The quantitative estimate of drug-likeness (QED) is 0.433. The maximum Gasteiger partial charge on any atom is 0.264 e. The van der Waals surface area contributed by atoms with Gasteiger partial charge in [-0.15, -0.1) is 5.10 Å². The minimum absolute atomic E-state index is 0.0991. The van der Waals surface area contributed by atoms with Crippen molar-refractivity contribution in [3.8, 4) is 5.75 Å². The third-order valence-corrected chi connectivity index (χ3v) is 4.44. The molecule has 4 aromatic rings. The normalized spacial score (nSPS) is 12.6. The highest BCUT2D eigenvalue weighted by atomic mass is 16.3. The number of rotatable bonds is 4. The Bertz CT molecular complexity index is 1170. The molecular formula is C20H17N5O2. The van der Waals surface area contributed by atoms with E-state index in [2.05, 4.69) is 20.8 Å². The molecule has 1 unspecified atom stereocenters. The fourth-order valence-electron chi connectivity index (χ4n) is 2.96. The molecule has 7 nitrogen and oxygen atoms in total. The summed E-state index contributed by atoms with van der Waals surface area (Å²) in [4.78, 5) is 12.4. The number of hydrogen-bond donors (Lipinski definition) is 2. The first-order valence-corrected chi connectivity index (χ1v) is 8.49. The average Bonchev–Trinajstić information content (AvgIpc) is 3.13. The zero-order valence-corrected chi connectivity index (χ0v) is 14.6. The van der Waals surface area contributed by atoms with Crippen LogP contribution < -0.4 is 5.43 Å². The number of nitrogens with zero attached hydrogens (tertiary/aromatic N) is 4. The van der Waals surface area contributed by atoms with Crippen LogP contribution in [0.3, 0.4) is 0 Å². The van der Waals surface area contributed by atoms with Crippen molar-refractivity contribution in [2.24, 2.45) is 5.10 Å². The van der Waals surface area contributed by atoms with Gasteiger partial charge >= 0.3 is 0 Å². The molecule has 3 aromatic carbocycles. The van der Waals surface area contributed by atoms with E-state index in [0.29, 0.717) is 5.56 Å². The fourth-order valence-corrected chi connectivity index (χ4v) is 2.96. The van der Waals surface area contributed by atoms with Crippen LogP contribution in [0, 0.1) is 0 Å². The Hall–Kier alpha value is -3.74. The summed E-state index contributed by atoms with van der Waals surface area (Å²) >= 11 is 0. The monoisotopic (exact) mass is 359 g/mol. The summed E-state index contributed by atoms with van der Waals surface area (Å²) in [5, 5.41) is 24.1. The van der Waals surface area contributed by atoms with Gasteiger partial charge in [-0.3, -0.25) is 4.79 Å². The highest BCUT2D eigenvalue weighted by Crippen LogP contribution is 2.25. The lowest BCUT2D eigenvalue weighted by molar-refractivity contribution is -0.124. The maximum atomic E-state index is 12.4. The number of phenolic OH excluding ortho intramolecular Hbond substituents is 1. The van der Waals surface area contributed by atoms with Crippen LogP contribution in [-0.2, 0) is 4.79 Å². The molecular weight excluding hydrogens is 342 g/mol. The van der Waals surface area contributed by atoms with E-state index in [1.54, 1.807) is 17.7 Å². The number of phenols is 1. The van der Waals surface area contributed by atoms with E-state index in [1.807, 2.05) is 54.6 Å². The number of hydrogen-bond acceptors (Lipinski definition) is 5. The third kappa shape index (κ3) is 3.10. The van der Waals surface area contributed by atoms with Crippen LogP contribution in [0.1, 0.15) is 18.5 Å². The van der Waals surface area contributed by atoms with E-state index in [1.165, 1.54) is 6.21 Å². The van der Waals surface area contributed by atoms with E-state index in [4.69, 9.17) is 0 Å². The molecule has 134 valence electrons. The molecule has 1 amide bonds. The molecule has 1 aromatic heterocycles. The van der Waals surface area contributed by atoms with Crippen LogP contribution in [0.4, 0.5) is 0 Å². The standard InChI is InChI=1S/C20H17N5O2/c1-13(25-18-9-5-4-8-17(18)22-24-25)20(27)23-21-12-16-15-7-3-2-6-14(15)10-11-19(16)26/h2-13,26H,1H3,(H,23,27). The largest absolute Gasteiger partial charge is 0.507 e. The number of benzene rings is 3. The van der Waals surface area contributed by atoms with Gasteiger partial charge < -0.3 is 5.11 Å². The van der Waals surface area contributed by atoms with Crippen molar-refractivity contribution in [3.63, 3.8) is 0 Å². The highest BCUT2D eigenvalue weighted by molar-refractivity contribution is 6.02. The first-order chi connectivity index (χ1) is 13.1. The van der Waals surface area contributed by atoms with Crippen LogP contribution in [-0.4, -0.2) is 32.2 Å². The van der Waals surface area contributed by atoms with E-state index in [9.17, 15) is 9.90 Å². The average molecular weight is 359 g/mol. The lowest BCUT2D eigenvalue weighted by Crippen LogP contribution is -2.28. The number of aromatic hydroxyl groups is 1. The molecule has 0 saturated carbocycles. The van der Waals surface area contributed by atoms with Gasteiger partial charge in [-0.05, 0) is 35.9 Å². The van der Waals surface area contributed by atoms with E-state index in [0.717, 1.165) is 21.8 Å². The van der Waals surface area contributed by atoms with Crippen molar-refractivity contribution in [1.29, 1.82) is 0 Å². The first-order valence-electron chi connectivity index (χ1n) is 8.49. The van der Waals surface area contributed by atoms with Gasteiger partial charge in [0.25, 0.3) is 5.91 Å². The van der Waals surface area contributed by atoms with E-state index >= 15 is 0 Å². The Morgan fingerprint density at radius 2 is 1.93 bits per heavy atom. The summed E-state index contributed by atoms with van der Waals surface area (Å²) in [6.45, 7) is 1.72. The number of fused-ring (bicyclic) bond motifs is 2. The zero-order valence-electron chi connectivity index (χ0n) is 14.6. The molecule has 27 heavy (non-hydrogen) atoms. The molecule has 0 aliphatic rings. The number of carbonyl (C=O) groups excluding carboxylic acids is 1. The topological polar surface area (TPSA) is 92.4 Å². The first kappa shape index (κ1) is 16.7. The summed E-state index contributed by atoms with van der Waals surface area (Å²) in [6, 6.07) is 17.9. The van der Waals surface area contributed by atoms with Gasteiger partial charge in [-0.2, -0.15) is 5.10 Å². The Balaban J connectivity index is 1.55.